The molecule has 1 aliphatic rings. The Kier molecular flexibility index (Phi) is 9.31. The van der Waals surface area contributed by atoms with Crippen molar-refractivity contribution in [2.45, 2.75) is 33.6 Å². The van der Waals surface area contributed by atoms with Crippen LogP contribution in [0.4, 0.5) is 11.4 Å². The highest BCUT2D eigenvalue weighted by Gasteiger charge is 2.36. The molecule has 204 valence electrons. The molecule has 1 atom stereocenters. The van der Waals surface area contributed by atoms with Crippen LogP contribution < -0.4 is 20.7 Å². The molecule has 4 rings (SSSR count). The van der Waals surface area contributed by atoms with Gasteiger partial charge in [0.15, 0.2) is 0 Å². The summed E-state index contributed by atoms with van der Waals surface area (Å²) in [6.07, 6.45) is 0. The van der Waals surface area contributed by atoms with Gasteiger partial charge in [-0.15, -0.1) is 0 Å². The van der Waals surface area contributed by atoms with Gasteiger partial charge in [0.25, 0.3) is 5.91 Å². The van der Waals surface area contributed by atoms with Gasteiger partial charge in [-0.3, -0.25) is 9.59 Å². The van der Waals surface area contributed by atoms with E-state index < -0.39 is 5.92 Å². The van der Waals surface area contributed by atoms with Crippen LogP contribution in [0, 0.1) is 25.2 Å². The van der Waals surface area contributed by atoms with Crippen LogP contribution >= 0.6 is 11.8 Å². The first-order valence-corrected chi connectivity index (χ1v) is 14.0. The van der Waals surface area contributed by atoms with Crippen molar-refractivity contribution >= 4 is 35.0 Å². The van der Waals surface area contributed by atoms with E-state index >= 15 is 0 Å². The lowest BCUT2D eigenvalue weighted by Gasteiger charge is -2.30. The molecule has 0 bridgehead atoms. The van der Waals surface area contributed by atoms with Crippen LogP contribution in [0.3, 0.4) is 0 Å². The molecule has 0 fully saturated rings. The average molecular weight is 553 g/mol. The molecular formula is C32H32N4O3S. The molecule has 8 heteroatoms. The van der Waals surface area contributed by atoms with Gasteiger partial charge < -0.3 is 20.7 Å². The van der Waals surface area contributed by atoms with E-state index in [2.05, 4.69) is 22.0 Å². The number of anilines is 2. The molecule has 0 unspecified atom stereocenters. The van der Waals surface area contributed by atoms with Crippen molar-refractivity contribution in [3.05, 3.63) is 111 Å². The third-order valence-corrected chi connectivity index (χ3v) is 7.49. The minimum Gasteiger partial charge on any atom is -0.494 e. The number of aryl methyl sites for hydroxylation is 2. The molecule has 1 heterocycles. The zero-order valence-electron chi connectivity index (χ0n) is 23.0. The number of nitrogens with zero attached hydrogens (tertiary/aromatic N) is 1. The standard InChI is InChI=1S/C32H32N4O3S/c1-5-39-27-14-10-9-13-24(27)30-25(18-33)32(40-19-28(37)36-26-17-20(2)15-16-21(26)3)34-22(4)29(30)31(38)35-23-11-7-6-8-12-23/h6-17,30,34H,5,19H2,1-4H3,(H,35,38)(H,36,37)/t30-/m0/s1. The van der Waals surface area contributed by atoms with E-state index in [4.69, 9.17) is 4.74 Å². The molecular weight excluding hydrogens is 520 g/mol. The summed E-state index contributed by atoms with van der Waals surface area (Å²) < 4.78 is 5.91. The number of allylic oxidation sites excluding steroid dienone is 2. The molecule has 3 aromatic rings. The number of dihydropyridines is 1. The van der Waals surface area contributed by atoms with Crippen molar-refractivity contribution in [2.24, 2.45) is 0 Å². The summed E-state index contributed by atoms with van der Waals surface area (Å²) in [4.78, 5) is 26.6. The Hall–Kier alpha value is -4.48. The summed E-state index contributed by atoms with van der Waals surface area (Å²) >= 11 is 1.23. The van der Waals surface area contributed by atoms with Crippen LogP contribution in [0.15, 0.2) is 94.7 Å². The Morgan fingerprint density at radius 3 is 2.45 bits per heavy atom. The van der Waals surface area contributed by atoms with Gasteiger partial charge in [0.1, 0.15) is 5.75 Å². The molecule has 3 aromatic carbocycles. The van der Waals surface area contributed by atoms with Crippen molar-refractivity contribution in [3.63, 3.8) is 0 Å². The SMILES string of the molecule is CCOc1ccccc1[C@H]1C(C#N)=C(SCC(=O)Nc2cc(C)ccc2C)NC(C)=C1C(=O)Nc1ccccc1. The van der Waals surface area contributed by atoms with E-state index in [1.54, 1.807) is 6.92 Å². The highest BCUT2D eigenvalue weighted by atomic mass is 32.2. The smallest absolute Gasteiger partial charge is 0.254 e. The number of thioether (sulfide) groups is 1. The Balaban J connectivity index is 1.68. The molecule has 7 nitrogen and oxygen atoms in total. The molecule has 0 spiro atoms. The third kappa shape index (κ3) is 6.56. The largest absolute Gasteiger partial charge is 0.494 e. The topological polar surface area (TPSA) is 103 Å². The highest BCUT2D eigenvalue weighted by molar-refractivity contribution is 8.03. The fraction of sp³-hybridized carbons (Fsp3) is 0.219. The molecule has 0 saturated heterocycles. The summed E-state index contributed by atoms with van der Waals surface area (Å²) in [6.45, 7) is 8.04. The lowest BCUT2D eigenvalue weighted by Crippen LogP contribution is -2.31. The third-order valence-electron chi connectivity index (χ3n) is 6.47. The van der Waals surface area contributed by atoms with Crippen molar-refractivity contribution < 1.29 is 14.3 Å². The zero-order valence-corrected chi connectivity index (χ0v) is 23.8. The van der Waals surface area contributed by atoms with Crippen LogP contribution in [-0.4, -0.2) is 24.2 Å². The number of amides is 2. The molecule has 0 saturated carbocycles. The van der Waals surface area contributed by atoms with Gasteiger partial charge in [-0.25, -0.2) is 0 Å². The normalized spacial score (nSPS) is 14.7. The predicted octanol–water partition coefficient (Wildman–Crippen LogP) is 6.41. The predicted molar refractivity (Wildman–Crippen MR) is 161 cm³/mol. The van der Waals surface area contributed by atoms with Crippen molar-refractivity contribution in [2.75, 3.05) is 23.0 Å². The molecule has 2 amide bonds. The Labute approximate surface area is 239 Å². The van der Waals surface area contributed by atoms with Gasteiger partial charge >= 0.3 is 0 Å². The Bertz CT molecular complexity index is 1520. The molecule has 3 N–H and O–H groups in total. The second kappa shape index (κ2) is 13.0. The van der Waals surface area contributed by atoms with E-state index in [9.17, 15) is 14.9 Å². The number of ether oxygens (including phenoxy) is 1. The van der Waals surface area contributed by atoms with Gasteiger partial charge in [0.05, 0.1) is 34.9 Å². The minimum atomic E-state index is -0.692. The van der Waals surface area contributed by atoms with Crippen LogP contribution in [0.1, 0.15) is 36.5 Å². The van der Waals surface area contributed by atoms with Crippen molar-refractivity contribution in [1.29, 1.82) is 5.26 Å². The van der Waals surface area contributed by atoms with E-state index in [1.165, 1.54) is 11.8 Å². The average Bonchev–Trinajstić information content (AvgIpc) is 2.94. The number of carbonyl (C=O) groups is 2. The van der Waals surface area contributed by atoms with Crippen molar-refractivity contribution in [3.8, 4) is 11.8 Å². The van der Waals surface area contributed by atoms with Gasteiger partial charge in [-0.05, 0) is 63.1 Å². The number of rotatable bonds is 9. The van der Waals surface area contributed by atoms with Gasteiger partial charge in [0, 0.05) is 28.2 Å². The number of hydrogen-bond donors (Lipinski definition) is 3. The van der Waals surface area contributed by atoms with Gasteiger partial charge in [-0.1, -0.05) is 60.3 Å². The monoisotopic (exact) mass is 552 g/mol. The molecule has 0 aliphatic carbocycles. The lowest BCUT2D eigenvalue weighted by molar-refractivity contribution is -0.114. The van der Waals surface area contributed by atoms with E-state index in [-0.39, 0.29) is 17.6 Å². The first-order valence-electron chi connectivity index (χ1n) is 13.0. The van der Waals surface area contributed by atoms with Crippen LogP contribution in [0.25, 0.3) is 0 Å². The van der Waals surface area contributed by atoms with Crippen LogP contribution in [0.2, 0.25) is 0 Å². The quantitative estimate of drug-likeness (QED) is 0.284. The lowest BCUT2D eigenvalue weighted by atomic mass is 9.81. The zero-order chi connectivity index (χ0) is 28.6. The van der Waals surface area contributed by atoms with Crippen molar-refractivity contribution in [1.82, 2.24) is 5.32 Å². The van der Waals surface area contributed by atoms with E-state index in [1.807, 2.05) is 93.6 Å². The first-order chi connectivity index (χ1) is 19.3. The summed E-state index contributed by atoms with van der Waals surface area (Å²) in [5, 5.41) is 20.1. The molecule has 40 heavy (non-hydrogen) atoms. The van der Waals surface area contributed by atoms with Crippen LogP contribution in [0.5, 0.6) is 5.75 Å². The Morgan fingerprint density at radius 1 is 1.00 bits per heavy atom. The second-order valence-corrected chi connectivity index (χ2v) is 10.4. The summed E-state index contributed by atoms with van der Waals surface area (Å²) in [7, 11) is 0. The summed E-state index contributed by atoms with van der Waals surface area (Å²) in [5.74, 6) is -0.524. The van der Waals surface area contributed by atoms with Gasteiger partial charge in [-0.2, -0.15) is 5.26 Å². The maximum absolute atomic E-state index is 13.7. The maximum atomic E-state index is 13.7. The molecule has 1 aliphatic heterocycles. The van der Waals surface area contributed by atoms with Gasteiger partial charge in [0.2, 0.25) is 5.91 Å². The number of nitriles is 1. The fourth-order valence-corrected chi connectivity index (χ4v) is 5.45. The van der Waals surface area contributed by atoms with E-state index in [0.717, 1.165) is 16.8 Å². The number of para-hydroxylation sites is 2. The number of carbonyl (C=O) groups excluding carboxylic acids is 2. The highest BCUT2D eigenvalue weighted by Crippen LogP contribution is 2.44. The number of hydrogen-bond acceptors (Lipinski definition) is 6. The fourth-order valence-electron chi connectivity index (χ4n) is 4.56. The molecule has 0 aromatic heterocycles. The number of nitrogens with one attached hydrogen (secondary N) is 3. The van der Waals surface area contributed by atoms with E-state index in [0.29, 0.717) is 45.5 Å². The summed E-state index contributed by atoms with van der Waals surface area (Å²) in [5.41, 5.74) is 5.50. The maximum Gasteiger partial charge on any atom is 0.254 e. The Morgan fingerprint density at radius 2 is 1.73 bits per heavy atom. The number of benzene rings is 3. The first kappa shape index (κ1) is 28.5. The molecule has 0 radical (unpaired) electrons. The van der Waals surface area contributed by atoms with Crippen LogP contribution in [-0.2, 0) is 9.59 Å². The second-order valence-electron chi connectivity index (χ2n) is 9.40. The summed E-state index contributed by atoms with van der Waals surface area (Å²) in [6, 6.07) is 24.8. The minimum absolute atomic E-state index is 0.0829.